The molecule has 90 valence electrons. The SMILES string of the molecule is CC(N)CN(C(N)=O)c1cccc2[nH]ccc12. The average molecular weight is 232 g/mol. The van der Waals surface area contributed by atoms with Gasteiger partial charge in [-0.2, -0.15) is 0 Å². The van der Waals surface area contributed by atoms with Gasteiger partial charge in [-0.25, -0.2) is 4.79 Å². The van der Waals surface area contributed by atoms with Crippen molar-refractivity contribution in [2.75, 3.05) is 11.4 Å². The van der Waals surface area contributed by atoms with E-state index in [4.69, 9.17) is 11.5 Å². The highest BCUT2D eigenvalue weighted by Gasteiger charge is 2.16. The molecule has 1 unspecified atom stereocenters. The van der Waals surface area contributed by atoms with Gasteiger partial charge in [0.05, 0.1) is 5.69 Å². The van der Waals surface area contributed by atoms with E-state index >= 15 is 0 Å². The molecule has 0 aliphatic rings. The van der Waals surface area contributed by atoms with E-state index in [0.29, 0.717) is 6.54 Å². The third-order valence-electron chi connectivity index (χ3n) is 2.60. The molecule has 5 N–H and O–H groups in total. The number of aromatic nitrogens is 1. The lowest BCUT2D eigenvalue weighted by Gasteiger charge is -2.23. The molecule has 0 saturated carbocycles. The van der Waals surface area contributed by atoms with E-state index < -0.39 is 6.03 Å². The van der Waals surface area contributed by atoms with Gasteiger partial charge in [-0.1, -0.05) is 6.07 Å². The third kappa shape index (κ3) is 2.24. The Labute approximate surface area is 99.4 Å². The zero-order valence-corrected chi connectivity index (χ0v) is 9.68. The van der Waals surface area contributed by atoms with Crippen LogP contribution in [0.1, 0.15) is 6.92 Å². The van der Waals surface area contributed by atoms with E-state index in [1.54, 1.807) is 0 Å². The fraction of sp³-hybridized carbons (Fsp3) is 0.250. The van der Waals surface area contributed by atoms with Crippen LogP contribution in [0, 0.1) is 0 Å². The lowest BCUT2D eigenvalue weighted by Crippen LogP contribution is -2.43. The second-order valence-electron chi connectivity index (χ2n) is 4.14. The Kier molecular flexibility index (Phi) is 3.01. The summed E-state index contributed by atoms with van der Waals surface area (Å²) in [7, 11) is 0. The molecule has 0 aliphatic heterocycles. The number of fused-ring (bicyclic) bond motifs is 1. The quantitative estimate of drug-likeness (QED) is 0.746. The zero-order valence-electron chi connectivity index (χ0n) is 9.68. The van der Waals surface area contributed by atoms with Gasteiger partial charge in [0.1, 0.15) is 0 Å². The van der Waals surface area contributed by atoms with Crippen LogP contribution in [-0.2, 0) is 0 Å². The molecule has 0 bridgehead atoms. The summed E-state index contributed by atoms with van der Waals surface area (Å²) in [6.45, 7) is 2.24. The van der Waals surface area contributed by atoms with Gasteiger partial charge in [-0.15, -0.1) is 0 Å². The van der Waals surface area contributed by atoms with Crippen molar-refractivity contribution in [3.63, 3.8) is 0 Å². The van der Waals surface area contributed by atoms with E-state index in [2.05, 4.69) is 4.98 Å². The first kappa shape index (κ1) is 11.5. The summed E-state index contributed by atoms with van der Waals surface area (Å²) in [6.07, 6.45) is 1.83. The number of nitrogens with one attached hydrogen (secondary N) is 1. The fourth-order valence-electron chi connectivity index (χ4n) is 1.90. The van der Waals surface area contributed by atoms with Crippen LogP contribution in [0.3, 0.4) is 0 Å². The summed E-state index contributed by atoms with van der Waals surface area (Å²) in [5.74, 6) is 0. The van der Waals surface area contributed by atoms with E-state index in [9.17, 15) is 4.79 Å². The molecular weight excluding hydrogens is 216 g/mol. The molecule has 0 fully saturated rings. The van der Waals surface area contributed by atoms with Gasteiger partial charge >= 0.3 is 6.03 Å². The molecule has 0 aliphatic carbocycles. The third-order valence-corrected chi connectivity index (χ3v) is 2.60. The van der Waals surface area contributed by atoms with Gasteiger partial charge in [-0.05, 0) is 25.1 Å². The van der Waals surface area contributed by atoms with Gasteiger partial charge in [-0.3, -0.25) is 4.90 Å². The largest absolute Gasteiger partial charge is 0.361 e. The van der Waals surface area contributed by atoms with Crippen LogP contribution >= 0.6 is 0 Å². The van der Waals surface area contributed by atoms with Crippen molar-refractivity contribution in [2.45, 2.75) is 13.0 Å². The normalized spacial score (nSPS) is 12.6. The molecule has 2 amide bonds. The van der Waals surface area contributed by atoms with Gasteiger partial charge in [0, 0.05) is 29.7 Å². The number of urea groups is 1. The molecule has 0 saturated heterocycles. The number of anilines is 1. The standard InChI is InChI=1S/C12H16N4O/c1-8(13)7-16(12(14)17)11-4-2-3-10-9(11)5-6-15-10/h2-6,8,15H,7,13H2,1H3,(H2,14,17). The molecule has 5 heteroatoms. The van der Waals surface area contributed by atoms with Crippen LogP contribution in [0.2, 0.25) is 0 Å². The summed E-state index contributed by atoms with van der Waals surface area (Å²) in [4.78, 5) is 16.1. The second-order valence-corrected chi connectivity index (χ2v) is 4.14. The number of hydrogen-bond acceptors (Lipinski definition) is 2. The number of amides is 2. The van der Waals surface area contributed by atoms with Gasteiger partial charge in [0.2, 0.25) is 0 Å². The van der Waals surface area contributed by atoms with E-state index in [-0.39, 0.29) is 6.04 Å². The molecule has 1 atom stereocenters. The van der Waals surface area contributed by atoms with E-state index in [1.807, 2.05) is 37.4 Å². The molecule has 0 radical (unpaired) electrons. The van der Waals surface area contributed by atoms with Crippen LogP contribution in [0.15, 0.2) is 30.5 Å². The van der Waals surface area contributed by atoms with Crippen LogP contribution in [0.4, 0.5) is 10.5 Å². The first-order valence-corrected chi connectivity index (χ1v) is 5.48. The Morgan fingerprint density at radius 3 is 2.88 bits per heavy atom. The maximum Gasteiger partial charge on any atom is 0.319 e. The highest BCUT2D eigenvalue weighted by molar-refractivity contribution is 6.01. The number of hydrogen-bond donors (Lipinski definition) is 3. The maximum absolute atomic E-state index is 11.5. The molecule has 2 rings (SSSR count). The predicted octanol–water partition coefficient (Wildman–Crippen LogP) is 1.40. The van der Waals surface area contributed by atoms with Crippen molar-refractivity contribution in [1.29, 1.82) is 0 Å². The first-order valence-electron chi connectivity index (χ1n) is 5.48. The van der Waals surface area contributed by atoms with Crippen molar-refractivity contribution in [1.82, 2.24) is 4.98 Å². The molecule has 2 aromatic rings. The molecule has 5 nitrogen and oxygen atoms in total. The lowest BCUT2D eigenvalue weighted by atomic mass is 10.2. The Bertz CT molecular complexity index is 532. The van der Waals surface area contributed by atoms with Crippen molar-refractivity contribution >= 4 is 22.6 Å². The van der Waals surface area contributed by atoms with Crippen molar-refractivity contribution < 1.29 is 4.79 Å². The smallest absolute Gasteiger partial charge is 0.319 e. The van der Waals surface area contributed by atoms with Gasteiger partial charge in [0.25, 0.3) is 0 Å². The Balaban J connectivity index is 2.48. The Morgan fingerprint density at radius 1 is 1.47 bits per heavy atom. The van der Waals surface area contributed by atoms with E-state index in [0.717, 1.165) is 16.6 Å². The summed E-state index contributed by atoms with van der Waals surface area (Å²) in [6, 6.07) is 6.99. The molecule has 1 aromatic carbocycles. The van der Waals surface area contributed by atoms with Crippen molar-refractivity contribution in [3.8, 4) is 0 Å². The summed E-state index contributed by atoms with van der Waals surface area (Å²) < 4.78 is 0. The number of benzene rings is 1. The summed E-state index contributed by atoms with van der Waals surface area (Å²) in [5.41, 5.74) is 12.9. The lowest BCUT2D eigenvalue weighted by molar-refractivity contribution is 0.253. The monoisotopic (exact) mass is 232 g/mol. The second kappa shape index (κ2) is 4.47. The molecular formula is C12H16N4O. The Morgan fingerprint density at radius 2 is 2.24 bits per heavy atom. The predicted molar refractivity (Wildman–Crippen MR) is 68.9 cm³/mol. The number of carbonyl (C=O) groups is 1. The molecule has 1 heterocycles. The number of nitrogens with zero attached hydrogens (tertiary/aromatic N) is 1. The van der Waals surface area contributed by atoms with Crippen molar-refractivity contribution in [2.24, 2.45) is 11.5 Å². The summed E-state index contributed by atoms with van der Waals surface area (Å²) >= 11 is 0. The number of aromatic amines is 1. The molecule has 0 spiro atoms. The summed E-state index contributed by atoms with van der Waals surface area (Å²) in [5, 5.41) is 0.965. The maximum atomic E-state index is 11.5. The van der Waals surface area contributed by atoms with Crippen LogP contribution in [-0.4, -0.2) is 23.6 Å². The highest BCUT2D eigenvalue weighted by atomic mass is 16.2. The van der Waals surface area contributed by atoms with Crippen LogP contribution < -0.4 is 16.4 Å². The highest BCUT2D eigenvalue weighted by Crippen LogP contribution is 2.25. The topological polar surface area (TPSA) is 88.1 Å². The number of carbonyl (C=O) groups excluding carboxylic acids is 1. The zero-order chi connectivity index (χ0) is 12.4. The first-order chi connectivity index (χ1) is 8.09. The minimum Gasteiger partial charge on any atom is -0.361 e. The van der Waals surface area contributed by atoms with Gasteiger partial charge in [0.15, 0.2) is 0 Å². The molecule has 1 aromatic heterocycles. The minimum absolute atomic E-state index is 0.128. The van der Waals surface area contributed by atoms with Crippen LogP contribution in [0.25, 0.3) is 10.9 Å². The van der Waals surface area contributed by atoms with Gasteiger partial charge < -0.3 is 16.5 Å². The van der Waals surface area contributed by atoms with Crippen molar-refractivity contribution in [3.05, 3.63) is 30.5 Å². The van der Waals surface area contributed by atoms with E-state index in [1.165, 1.54) is 4.90 Å². The minimum atomic E-state index is -0.490. The Hall–Kier alpha value is -2.01. The number of H-pyrrole nitrogens is 1. The average Bonchev–Trinajstić information content (AvgIpc) is 2.73. The fourth-order valence-corrected chi connectivity index (χ4v) is 1.90. The number of rotatable bonds is 3. The number of nitrogens with two attached hydrogens (primary N) is 2. The number of primary amides is 1. The molecule has 17 heavy (non-hydrogen) atoms. The van der Waals surface area contributed by atoms with Crippen LogP contribution in [0.5, 0.6) is 0 Å².